The molecule has 0 aliphatic carbocycles. The van der Waals surface area contributed by atoms with E-state index in [1.165, 1.54) is 7.11 Å². The molecule has 26 heavy (non-hydrogen) atoms. The summed E-state index contributed by atoms with van der Waals surface area (Å²) in [7, 11) is 3.10. The summed E-state index contributed by atoms with van der Waals surface area (Å²) >= 11 is 0. The van der Waals surface area contributed by atoms with Crippen molar-refractivity contribution in [3.8, 4) is 11.5 Å². The zero-order chi connectivity index (χ0) is 18.7. The lowest BCUT2D eigenvalue weighted by molar-refractivity contribution is -0.124. The highest BCUT2D eigenvalue weighted by molar-refractivity contribution is 6.03. The van der Waals surface area contributed by atoms with Crippen LogP contribution in [0.3, 0.4) is 0 Å². The summed E-state index contributed by atoms with van der Waals surface area (Å²) in [5, 5.41) is 6.59. The van der Waals surface area contributed by atoms with E-state index in [1.807, 2.05) is 0 Å². The van der Waals surface area contributed by atoms with E-state index in [0.717, 1.165) is 26.2 Å². The van der Waals surface area contributed by atoms with Crippen LogP contribution >= 0.6 is 0 Å². The Morgan fingerprint density at radius 1 is 1.27 bits per heavy atom. The summed E-state index contributed by atoms with van der Waals surface area (Å²) in [4.78, 5) is 19.5. The van der Waals surface area contributed by atoms with E-state index in [-0.39, 0.29) is 18.7 Å². The summed E-state index contributed by atoms with van der Waals surface area (Å²) in [5.74, 6) is 1.39. The van der Waals surface area contributed by atoms with Crippen LogP contribution in [0.1, 0.15) is 12.0 Å². The van der Waals surface area contributed by atoms with E-state index < -0.39 is 5.66 Å². The molecule has 9 nitrogen and oxygen atoms in total. The van der Waals surface area contributed by atoms with Crippen molar-refractivity contribution in [3.05, 3.63) is 17.7 Å². The molecule has 0 bridgehead atoms. The minimum absolute atomic E-state index is 0.141. The maximum Gasteiger partial charge on any atom is 0.201 e. The van der Waals surface area contributed by atoms with Gasteiger partial charge in [-0.3, -0.25) is 10.5 Å². The smallest absolute Gasteiger partial charge is 0.201 e. The number of carbonyl (C=O) groups excluding carboxylic acids is 1. The third-order valence-corrected chi connectivity index (χ3v) is 4.68. The fourth-order valence-electron chi connectivity index (χ4n) is 3.23. The summed E-state index contributed by atoms with van der Waals surface area (Å²) in [5.41, 5.74) is 11.8. The number of anilines is 1. The van der Waals surface area contributed by atoms with E-state index in [2.05, 4.69) is 20.5 Å². The fourth-order valence-corrected chi connectivity index (χ4v) is 3.23. The number of hydrogen-bond acceptors (Lipinski definition) is 9. The van der Waals surface area contributed by atoms with Gasteiger partial charge in [0.05, 0.1) is 19.9 Å². The summed E-state index contributed by atoms with van der Waals surface area (Å²) in [6, 6.07) is 3.48. The number of nitrogens with one attached hydrogen (secondary N) is 2. The second-order valence-electron chi connectivity index (χ2n) is 6.28. The molecule has 0 aromatic heterocycles. The second-order valence-corrected chi connectivity index (χ2v) is 6.28. The van der Waals surface area contributed by atoms with Crippen molar-refractivity contribution in [2.24, 2.45) is 16.5 Å². The SMILES string of the molecule is COc1cc2c(cc1OC)C(N)(C(=O)CCN)N=C(N1CCNCC1)N2. The van der Waals surface area contributed by atoms with Gasteiger partial charge in [0.2, 0.25) is 5.96 Å². The largest absolute Gasteiger partial charge is 0.493 e. The van der Waals surface area contributed by atoms with Gasteiger partial charge in [-0.2, -0.15) is 0 Å². The zero-order valence-electron chi connectivity index (χ0n) is 15.2. The number of benzene rings is 1. The van der Waals surface area contributed by atoms with Crippen molar-refractivity contribution >= 4 is 17.4 Å². The lowest BCUT2D eigenvalue weighted by Crippen LogP contribution is -2.54. The Balaban J connectivity index is 2.09. The number of rotatable bonds is 5. The van der Waals surface area contributed by atoms with Crippen molar-refractivity contribution in [3.63, 3.8) is 0 Å². The molecule has 9 heteroatoms. The normalized spacial score (nSPS) is 22.2. The van der Waals surface area contributed by atoms with E-state index in [0.29, 0.717) is 28.7 Å². The first-order chi connectivity index (χ1) is 12.5. The number of methoxy groups -OCH3 is 2. The number of nitrogens with two attached hydrogens (primary N) is 2. The Morgan fingerprint density at radius 2 is 1.92 bits per heavy atom. The van der Waals surface area contributed by atoms with Crippen LogP contribution in [0.15, 0.2) is 17.1 Å². The number of guanidine groups is 1. The van der Waals surface area contributed by atoms with Crippen LogP contribution in [0.2, 0.25) is 0 Å². The Morgan fingerprint density at radius 3 is 2.54 bits per heavy atom. The highest BCUT2D eigenvalue weighted by Crippen LogP contribution is 2.41. The van der Waals surface area contributed by atoms with Gasteiger partial charge < -0.3 is 30.7 Å². The van der Waals surface area contributed by atoms with Gasteiger partial charge in [-0.25, -0.2) is 4.99 Å². The molecule has 0 spiro atoms. The monoisotopic (exact) mass is 362 g/mol. The number of piperazine rings is 1. The predicted octanol–water partition coefficient (Wildman–Crippen LogP) is -0.580. The van der Waals surface area contributed by atoms with Crippen molar-refractivity contribution in [1.29, 1.82) is 0 Å². The van der Waals surface area contributed by atoms with Gasteiger partial charge >= 0.3 is 0 Å². The molecule has 1 aromatic carbocycles. The molecular formula is C17H26N6O3. The molecule has 6 N–H and O–H groups in total. The standard InChI is InChI=1S/C17H26N6O3/c1-25-13-9-11-12(10-14(13)26-2)21-16(23-7-5-20-6-8-23)22-17(11,19)15(24)3-4-18/h9-10,20H,3-8,18-19H2,1-2H3,(H,21,22). The first kappa shape index (κ1) is 18.4. The highest BCUT2D eigenvalue weighted by atomic mass is 16.5. The van der Waals surface area contributed by atoms with Gasteiger partial charge in [0, 0.05) is 44.2 Å². The van der Waals surface area contributed by atoms with Gasteiger partial charge in [-0.05, 0) is 12.6 Å². The average molecular weight is 362 g/mol. The third-order valence-electron chi connectivity index (χ3n) is 4.68. The topological polar surface area (TPSA) is 127 Å². The van der Waals surface area contributed by atoms with Crippen LogP contribution in [0.4, 0.5) is 5.69 Å². The number of fused-ring (bicyclic) bond motifs is 1. The second kappa shape index (κ2) is 7.48. The maximum atomic E-state index is 12.8. The van der Waals surface area contributed by atoms with E-state index in [9.17, 15) is 4.79 Å². The molecule has 0 amide bonds. The molecule has 1 aromatic rings. The molecule has 1 fully saturated rings. The Labute approximate surface area is 152 Å². The molecule has 1 saturated heterocycles. The average Bonchev–Trinajstić information content (AvgIpc) is 2.67. The summed E-state index contributed by atoms with van der Waals surface area (Å²) in [6.07, 6.45) is 0.141. The van der Waals surface area contributed by atoms with Crippen LogP contribution < -0.4 is 31.6 Å². The molecule has 1 unspecified atom stereocenters. The van der Waals surface area contributed by atoms with Gasteiger partial charge in [0.25, 0.3) is 0 Å². The maximum absolute atomic E-state index is 12.8. The highest BCUT2D eigenvalue weighted by Gasteiger charge is 2.42. The molecule has 3 rings (SSSR count). The number of ether oxygens (including phenoxy) is 2. The van der Waals surface area contributed by atoms with E-state index in [4.69, 9.17) is 20.9 Å². The van der Waals surface area contributed by atoms with Crippen LogP contribution in [0.25, 0.3) is 0 Å². The number of ketones is 1. The first-order valence-corrected chi connectivity index (χ1v) is 8.64. The first-order valence-electron chi connectivity index (χ1n) is 8.64. The van der Waals surface area contributed by atoms with Crippen molar-refractivity contribution in [2.75, 3.05) is 52.3 Å². The molecule has 1 atom stereocenters. The molecule has 2 aliphatic heterocycles. The molecule has 2 aliphatic rings. The van der Waals surface area contributed by atoms with Crippen molar-refractivity contribution < 1.29 is 14.3 Å². The fraction of sp³-hybridized carbons (Fsp3) is 0.529. The number of hydrogen-bond donors (Lipinski definition) is 4. The minimum atomic E-state index is -1.51. The van der Waals surface area contributed by atoms with Crippen LogP contribution in [-0.4, -0.2) is 63.6 Å². The Kier molecular flexibility index (Phi) is 5.30. The summed E-state index contributed by atoms with van der Waals surface area (Å²) in [6.45, 7) is 3.44. The molecule has 0 saturated carbocycles. The van der Waals surface area contributed by atoms with Crippen LogP contribution in [0, 0.1) is 0 Å². The van der Waals surface area contributed by atoms with Crippen LogP contribution in [-0.2, 0) is 10.5 Å². The molecular weight excluding hydrogens is 336 g/mol. The number of aliphatic imine (C=N–C) groups is 1. The Hall–Kier alpha value is -2.36. The molecule has 142 valence electrons. The number of nitrogens with zero attached hydrogens (tertiary/aromatic N) is 2. The lowest BCUT2D eigenvalue weighted by Gasteiger charge is -2.38. The van der Waals surface area contributed by atoms with E-state index in [1.54, 1.807) is 19.2 Å². The predicted molar refractivity (Wildman–Crippen MR) is 99.6 cm³/mol. The third kappa shape index (κ3) is 3.20. The van der Waals surface area contributed by atoms with Gasteiger partial charge in [0.15, 0.2) is 22.9 Å². The van der Waals surface area contributed by atoms with Crippen molar-refractivity contribution in [2.45, 2.75) is 12.1 Å². The van der Waals surface area contributed by atoms with E-state index >= 15 is 0 Å². The quantitative estimate of drug-likeness (QED) is 0.548. The minimum Gasteiger partial charge on any atom is -0.493 e. The van der Waals surface area contributed by atoms with Gasteiger partial charge in [-0.1, -0.05) is 0 Å². The zero-order valence-corrected chi connectivity index (χ0v) is 15.2. The van der Waals surface area contributed by atoms with Gasteiger partial charge in [-0.15, -0.1) is 0 Å². The summed E-state index contributed by atoms with van der Waals surface area (Å²) < 4.78 is 10.8. The molecule has 2 heterocycles. The number of carbonyl (C=O) groups is 1. The van der Waals surface area contributed by atoms with Crippen LogP contribution in [0.5, 0.6) is 11.5 Å². The Bertz CT molecular complexity index is 717. The van der Waals surface area contributed by atoms with Crippen molar-refractivity contribution in [1.82, 2.24) is 10.2 Å². The molecule has 0 radical (unpaired) electrons. The number of Topliss-reactive ketones (excluding diaryl/α,β-unsaturated/α-hetero) is 1. The van der Waals surface area contributed by atoms with Gasteiger partial charge in [0.1, 0.15) is 0 Å². The lowest BCUT2D eigenvalue weighted by atomic mass is 9.91.